The Balaban J connectivity index is 1.62. The number of hydrogen-bond donors (Lipinski definition) is 2. The van der Waals surface area contributed by atoms with Crippen molar-refractivity contribution in [3.63, 3.8) is 0 Å². The first-order chi connectivity index (χ1) is 16.5. The summed E-state index contributed by atoms with van der Waals surface area (Å²) in [6, 6.07) is 21.6. The summed E-state index contributed by atoms with van der Waals surface area (Å²) in [5, 5.41) is 5.65. The van der Waals surface area contributed by atoms with Crippen molar-refractivity contribution in [3.8, 4) is 11.5 Å². The number of hydrogen-bond acceptors (Lipinski definition) is 4. The molecule has 0 atom stereocenters. The van der Waals surface area contributed by atoms with E-state index in [2.05, 4.69) is 10.6 Å². The quantitative estimate of drug-likeness (QED) is 0.308. The summed E-state index contributed by atoms with van der Waals surface area (Å²) in [6.45, 7) is 2.02. The lowest BCUT2D eigenvalue weighted by atomic mass is 10.1. The molecule has 34 heavy (non-hydrogen) atoms. The largest absolute Gasteiger partial charge is 0.497 e. The van der Waals surface area contributed by atoms with Crippen molar-refractivity contribution in [3.05, 3.63) is 102 Å². The van der Waals surface area contributed by atoms with Gasteiger partial charge in [-0.2, -0.15) is 0 Å². The molecule has 0 unspecified atom stereocenters. The topological polar surface area (TPSA) is 76.7 Å². The lowest BCUT2D eigenvalue weighted by Gasteiger charge is -2.08. The van der Waals surface area contributed by atoms with E-state index < -0.39 is 0 Å². The molecule has 0 aliphatic heterocycles. The fraction of sp³-hybridized carbons (Fsp3) is 0.143. The van der Waals surface area contributed by atoms with Gasteiger partial charge in [0.2, 0.25) is 5.91 Å². The van der Waals surface area contributed by atoms with Crippen molar-refractivity contribution in [2.75, 3.05) is 24.9 Å². The molecule has 0 bridgehead atoms. The summed E-state index contributed by atoms with van der Waals surface area (Å²) >= 11 is 0. The number of carbonyl (C=O) groups excluding carboxylic acids is 2. The van der Waals surface area contributed by atoms with Gasteiger partial charge in [-0.3, -0.25) is 9.59 Å². The molecule has 6 heteroatoms. The minimum absolute atomic E-state index is 0.212. The molecule has 3 aromatic rings. The van der Waals surface area contributed by atoms with E-state index >= 15 is 0 Å². The average molecular weight is 457 g/mol. The van der Waals surface area contributed by atoms with Crippen LogP contribution >= 0.6 is 0 Å². The van der Waals surface area contributed by atoms with Gasteiger partial charge in [0.05, 0.1) is 14.2 Å². The van der Waals surface area contributed by atoms with Gasteiger partial charge in [-0.05, 0) is 66.6 Å². The van der Waals surface area contributed by atoms with Gasteiger partial charge >= 0.3 is 0 Å². The Morgan fingerprint density at radius 1 is 0.824 bits per heavy atom. The molecule has 3 aromatic carbocycles. The number of benzene rings is 3. The van der Waals surface area contributed by atoms with Crippen LogP contribution in [0.4, 0.5) is 11.4 Å². The van der Waals surface area contributed by atoms with Crippen LogP contribution in [0, 0.1) is 0 Å². The van der Waals surface area contributed by atoms with E-state index in [1.807, 2.05) is 61.5 Å². The van der Waals surface area contributed by atoms with Crippen LogP contribution in [0.2, 0.25) is 0 Å². The molecule has 6 nitrogen and oxygen atoms in total. The maximum absolute atomic E-state index is 12.4. The average Bonchev–Trinajstić information content (AvgIpc) is 2.87. The van der Waals surface area contributed by atoms with Gasteiger partial charge < -0.3 is 20.1 Å². The molecular weight excluding hydrogens is 428 g/mol. The highest BCUT2D eigenvalue weighted by Gasteiger charge is 2.07. The van der Waals surface area contributed by atoms with Gasteiger partial charge in [-0.1, -0.05) is 31.2 Å². The van der Waals surface area contributed by atoms with E-state index in [1.54, 1.807) is 44.6 Å². The number of ether oxygens (including phenoxy) is 2. The first-order valence-electron chi connectivity index (χ1n) is 10.9. The number of carbonyl (C=O) groups is 2. The number of anilines is 2. The second kappa shape index (κ2) is 12.1. The number of para-hydroxylation sites is 1. The summed E-state index contributed by atoms with van der Waals surface area (Å²) in [7, 11) is 3.22. The Bertz CT molecular complexity index is 1180. The predicted molar refractivity (Wildman–Crippen MR) is 136 cm³/mol. The van der Waals surface area contributed by atoms with Gasteiger partial charge in [0.1, 0.15) is 11.5 Å². The maximum atomic E-state index is 12.4. The fourth-order valence-electron chi connectivity index (χ4n) is 3.20. The van der Waals surface area contributed by atoms with Crippen molar-refractivity contribution < 1.29 is 19.1 Å². The monoisotopic (exact) mass is 456 g/mol. The molecule has 0 aliphatic rings. The third-order valence-corrected chi connectivity index (χ3v) is 5.08. The zero-order valence-electron chi connectivity index (χ0n) is 19.5. The fourth-order valence-corrected chi connectivity index (χ4v) is 3.20. The molecule has 0 aliphatic carbocycles. The molecule has 0 aromatic heterocycles. The number of methoxy groups -OCH3 is 2. The zero-order chi connectivity index (χ0) is 24.3. The molecule has 0 radical (unpaired) electrons. The maximum Gasteiger partial charge on any atom is 0.255 e. The van der Waals surface area contributed by atoms with Gasteiger partial charge in [-0.15, -0.1) is 0 Å². The normalized spacial score (nSPS) is 11.2. The summed E-state index contributed by atoms with van der Waals surface area (Å²) < 4.78 is 10.7. The molecule has 174 valence electrons. The van der Waals surface area contributed by atoms with Crippen LogP contribution in [-0.2, 0) is 4.79 Å². The lowest BCUT2D eigenvalue weighted by molar-refractivity contribution is -0.111. The van der Waals surface area contributed by atoms with E-state index in [4.69, 9.17) is 9.47 Å². The Hall–Kier alpha value is -4.32. The minimum Gasteiger partial charge on any atom is -0.497 e. The second-order valence-corrected chi connectivity index (χ2v) is 7.40. The number of amides is 2. The predicted octanol–water partition coefficient (Wildman–Crippen LogP) is 5.94. The Morgan fingerprint density at radius 3 is 2.18 bits per heavy atom. The van der Waals surface area contributed by atoms with Gasteiger partial charge in [-0.25, -0.2) is 0 Å². The molecule has 0 fully saturated rings. The van der Waals surface area contributed by atoms with E-state index in [-0.39, 0.29) is 11.8 Å². The smallest absolute Gasteiger partial charge is 0.255 e. The molecule has 0 heterocycles. The van der Waals surface area contributed by atoms with Crippen molar-refractivity contribution in [2.45, 2.75) is 13.3 Å². The molecule has 2 N–H and O–H groups in total. The van der Waals surface area contributed by atoms with Crippen LogP contribution in [0.1, 0.15) is 29.3 Å². The summed E-state index contributed by atoms with van der Waals surface area (Å²) in [6.07, 6.45) is 5.98. The van der Waals surface area contributed by atoms with Crippen molar-refractivity contribution in [1.82, 2.24) is 0 Å². The van der Waals surface area contributed by atoms with E-state index in [0.29, 0.717) is 22.7 Å². The standard InChI is InChI=1S/C28H28N2O4/c1-4-20(18-22-13-16-25(33-2)19-26(22)34-3)10-17-27(31)29-24-14-11-21(12-15-24)28(32)30-23-8-6-5-7-9-23/h5-19H,4H2,1-3H3,(H,29,31)(H,30,32)/b17-10+,20-18+. The van der Waals surface area contributed by atoms with E-state index in [0.717, 1.165) is 23.2 Å². The summed E-state index contributed by atoms with van der Waals surface area (Å²) in [5.41, 5.74) is 3.69. The highest BCUT2D eigenvalue weighted by molar-refractivity contribution is 6.05. The van der Waals surface area contributed by atoms with Crippen molar-refractivity contribution in [1.29, 1.82) is 0 Å². The van der Waals surface area contributed by atoms with Crippen LogP contribution in [-0.4, -0.2) is 26.0 Å². The first kappa shape index (κ1) is 24.3. The lowest BCUT2D eigenvalue weighted by Crippen LogP contribution is -2.12. The zero-order valence-corrected chi connectivity index (χ0v) is 19.5. The SMILES string of the molecule is CCC(/C=C/C(=O)Nc1ccc(C(=O)Nc2ccccc2)cc1)=C\c1ccc(OC)cc1OC. The summed E-state index contributed by atoms with van der Waals surface area (Å²) in [5.74, 6) is 0.934. The Labute approximate surface area is 199 Å². The molecule has 3 rings (SSSR count). The molecular formula is C28H28N2O4. The Morgan fingerprint density at radius 2 is 1.53 bits per heavy atom. The number of allylic oxidation sites excluding steroid dienone is 2. The van der Waals surface area contributed by atoms with Gasteiger partial charge in [0, 0.05) is 34.6 Å². The van der Waals surface area contributed by atoms with Crippen molar-refractivity contribution in [2.24, 2.45) is 0 Å². The number of nitrogens with one attached hydrogen (secondary N) is 2. The summed E-state index contributed by atoms with van der Waals surface area (Å²) in [4.78, 5) is 24.8. The van der Waals surface area contributed by atoms with Gasteiger partial charge in [0.25, 0.3) is 5.91 Å². The number of rotatable bonds is 9. The first-order valence-corrected chi connectivity index (χ1v) is 10.9. The molecule has 0 spiro atoms. The third kappa shape index (κ3) is 6.84. The van der Waals surface area contributed by atoms with Crippen LogP contribution in [0.25, 0.3) is 6.08 Å². The van der Waals surface area contributed by atoms with Crippen LogP contribution in [0.3, 0.4) is 0 Å². The Kier molecular flexibility index (Phi) is 8.63. The van der Waals surface area contributed by atoms with E-state index in [1.165, 1.54) is 6.08 Å². The molecule has 2 amide bonds. The molecule has 0 saturated heterocycles. The highest BCUT2D eigenvalue weighted by Crippen LogP contribution is 2.27. The van der Waals surface area contributed by atoms with Gasteiger partial charge in [0.15, 0.2) is 0 Å². The highest BCUT2D eigenvalue weighted by atomic mass is 16.5. The van der Waals surface area contributed by atoms with Crippen LogP contribution in [0.15, 0.2) is 90.5 Å². The van der Waals surface area contributed by atoms with E-state index in [9.17, 15) is 9.59 Å². The third-order valence-electron chi connectivity index (χ3n) is 5.08. The second-order valence-electron chi connectivity index (χ2n) is 7.40. The minimum atomic E-state index is -0.262. The molecule has 0 saturated carbocycles. The van der Waals surface area contributed by atoms with Crippen LogP contribution < -0.4 is 20.1 Å². The van der Waals surface area contributed by atoms with Crippen molar-refractivity contribution >= 4 is 29.3 Å². The van der Waals surface area contributed by atoms with Crippen LogP contribution in [0.5, 0.6) is 11.5 Å².